The van der Waals surface area contributed by atoms with Gasteiger partial charge in [-0.05, 0) is 86.0 Å². The number of nitrogens with zero attached hydrogens (tertiary/aromatic N) is 2. The minimum absolute atomic E-state index is 0.0524. The molecule has 156 valence electrons. The summed E-state index contributed by atoms with van der Waals surface area (Å²) < 4.78 is 0. The maximum atomic E-state index is 11.0. The Morgan fingerprint density at radius 2 is 2.04 bits per heavy atom. The molecule has 3 saturated carbocycles. The number of hydrogen-bond acceptors (Lipinski definition) is 6. The van der Waals surface area contributed by atoms with E-state index >= 15 is 0 Å². The van der Waals surface area contributed by atoms with Crippen molar-refractivity contribution in [3.05, 3.63) is 21.8 Å². The van der Waals surface area contributed by atoms with Gasteiger partial charge in [-0.1, -0.05) is 24.6 Å². The van der Waals surface area contributed by atoms with E-state index < -0.39 is 5.09 Å². The summed E-state index contributed by atoms with van der Waals surface area (Å²) in [6.07, 6.45) is 10.4. The fourth-order valence-electron chi connectivity index (χ4n) is 7.05. The van der Waals surface area contributed by atoms with Gasteiger partial charge in [0, 0.05) is 6.54 Å². The zero-order valence-electron chi connectivity index (χ0n) is 17.1. The Hall–Kier alpha value is -1.63. The molecule has 0 heterocycles. The summed E-state index contributed by atoms with van der Waals surface area (Å²) in [5, 5.41) is 14.7. The van der Waals surface area contributed by atoms with Crippen LogP contribution in [0.2, 0.25) is 0 Å². The van der Waals surface area contributed by atoms with Crippen LogP contribution in [0.4, 0.5) is 0 Å². The van der Waals surface area contributed by atoms with E-state index in [2.05, 4.69) is 25.1 Å². The third-order valence-corrected chi connectivity index (χ3v) is 8.49. The first-order valence-electron chi connectivity index (χ1n) is 10.8. The molecule has 3 fully saturated rings. The number of rotatable bonds is 5. The second kappa shape index (κ2) is 7.32. The van der Waals surface area contributed by atoms with Gasteiger partial charge in [0.15, 0.2) is 0 Å². The van der Waals surface area contributed by atoms with Crippen LogP contribution in [0.25, 0.3) is 0 Å². The minimum Gasteiger partial charge on any atom is -0.394 e. The van der Waals surface area contributed by atoms with Crippen molar-refractivity contribution in [2.75, 3.05) is 13.2 Å². The molecule has 4 aliphatic rings. The van der Waals surface area contributed by atoms with E-state index in [0.29, 0.717) is 30.9 Å². The number of nitrogens with two attached hydrogens (primary N) is 1. The molecule has 4 aliphatic carbocycles. The fourth-order valence-corrected chi connectivity index (χ4v) is 7.05. The molecule has 0 aromatic heterocycles. The van der Waals surface area contributed by atoms with Gasteiger partial charge in [-0.3, -0.25) is 0 Å². The lowest BCUT2D eigenvalue weighted by atomic mass is 9.47. The Morgan fingerprint density at radius 1 is 1.21 bits per heavy atom. The molecule has 7 nitrogen and oxygen atoms in total. The third-order valence-electron chi connectivity index (χ3n) is 8.49. The van der Waals surface area contributed by atoms with Gasteiger partial charge >= 0.3 is 0 Å². The van der Waals surface area contributed by atoms with Crippen molar-refractivity contribution in [1.82, 2.24) is 0 Å². The Balaban J connectivity index is 1.54. The van der Waals surface area contributed by atoms with Crippen molar-refractivity contribution in [2.45, 2.75) is 71.3 Å². The van der Waals surface area contributed by atoms with E-state index in [-0.39, 0.29) is 16.9 Å². The van der Waals surface area contributed by atoms with E-state index in [1.165, 1.54) is 12.0 Å². The molecule has 0 spiro atoms. The first-order chi connectivity index (χ1) is 13.4. The average molecular weight is 392 g/mol. The summed E-state index contributed by atoms with van der Waals surface area (Å²) in [5.74, 6) is 1.84. The molecule has 0 amide bonds. The van der Waals surface area contributed by atoms with Crippen LogP contribution in [0.5, 0.6) is 0 Å². The average Bonchev–Trinajstić information content (AvgIpc) is 2.98. The monoisotopic (exact) mass is 391 g/mol. The lowest BCUT2D eigenvalue weighted by molar-refractivity contribution is -0.772. The van der Waals surface area contributed by atoms with E-state index in [4.69, 9.17) is 15.4 Å². The summed E-state index contributed by atoms with van der Waals surface area (Å²) in [4.78, 5) is 21.4. The van der Waals surface area contributed by atoms with Crippen molar-refractivity contribution in [1.29, 1.82) is 0 Å². The smallest absolute Gasteiger partial charge is 0.294 e. The molecule has 2 N–H and O–H groups in total. The van der Waals surface area contributed by atoms with Gasteiger partial charge in [0.2, 0.25) is 0 Å². The highest BCUT2D eigenvalue weighted by Gasteiger charge is 2.59. The Morgan fingerprint density at radius 3 is 2.79 bits per heavy atom. The molecular formula is C21H33N3O4. The van der Waals surface area contributed by atoms with Crippen LogP contribution in [0.1, 0.15) is 65.2 Å². The standard InChI is InChI=1S/C21H33N3O4/c1-20-9-7-15(23-27-12-11-22)13-14(20)3-4-16-17-5-6-19(28-24(25)26)21(17,2)10-8-18(16)20/h13,16-19H,3-12,22H2,1-2H3/b23-15+/t16?,17?,18?,19-,20-,21-/m0/s1. The number of hydrogen-bond donors (Lipinski definition) is 1. The van der Waals surface area contributed by atoms with Crippen LogP contribution in [0.15, 0.2) is 16.8 Å². The summed E-state index contributed by atoms with van der Waals surface area (Å²) in [5.41, 5.74) is 8.21. The maximum absolute atomic E-state index is 11.0. The number of fused-ring (bicyclic) bond motifs is 5. The van der Waals surface area contributed by atoms with Crippen LogP contribution in [0.3, 0.4) is 0 Å². The van der Waals surface area contributed by atoms with Crippen molar-refractivity contribution >= 4 is 5.71 Å². The molecule has 4 rings (SSSR count). The van der Waals surface area contributed by atoms with Crippen LogP contribution >= 0.6 is 0 Å². The van der Waals surface area contributed by atoms with Gasteiger partial charge < -0.3 is 15.4 Å². The highest BCUT2D eigenvalue weighted by Crippen LogP contribution is 2.65. The number of oxime groups is 1. The molecule has 0 saturated heterocycles. The molecule has 6 atom stereocenters. The highest BCUT2D eigenvalue weighted by atomic mass is 17.0. The van der Waals surface area contributed by atoms with Crippen LogP contribution in [-0.4, -0.2) is 30.1 Å². The van der Waals surface area contributed by atoms with Gasteiger partial charge in [0.25, 0.3) is 5.09 Å². The molecule has 28 heavy (non-hydrogen) atoms. The van der Waals surface area contributed by atoms with E-state index in [9.17, 15) is 10.1 Å². The van der Waals surface area contributed by atoms with Gasteiger partial charge in [-0.25, -0.2) is 0 Å². The molecular weight excluding hydrogens is 358 g/mol. The first kappa shape index (κ1) is 19.7. The second-order valence-electron chi connectivity index (χ2n) is 9.65. The molecule has 0 aromatic carbocycles. The lowest BCUT2D eigenvalue weighted by Gasteiger charge is -2.58. The van der Waals surface area contributed by atoms with Crippen molar-refractivity contribution in [3.63, 3.8) is 0 Å². The van der Waals surface area contributed by atoms with Crippen molar-refractivity contribution in [3.8, 4) is 0 Å². The van der Waals surface area contributed by atoms with Crippen molar-refractivity contribution < 1.29 is 14.8 Å². The molecule has 3 unspecified atom stereocenters. The third kappa shape index (κ3) is 3.11. The predicted octanol–water partition coefficient (Wildman–Crippen LogP) is 3.86. The maximum Gasteiger partial charge on any atom is 0.294 e. The van der Waals surface area contributed by atoms with Crippen LogP contribution < -0.4 is 5.73 Å². The zero-order chi connectivity index (χ0) is 19.9. The summed E-state index contributed by atoms with van der Waals surface area (Å²) >= 11 is 0. The first-order valence-corrected chi connectivity index (χ1v) is 10.8. The predicted molar refractivity (Wildman–Crippen MR) is 106 cm³/mol. The lowest BCUT2D eigenvalue weighted by Crippen LogP contribution is -2.51. The SMILES string of the molecule is C[C@]12CC/C(=N\OCCN)C=C1CCC1C2CC[C@@]2(C)C1CC[C@@H]2O[N+](=O)[O-]. The Labute approximate surface area is 166 Å². The quantitative estimate of drug-likeness (QED) is 0.436. The molecule has 0 bridgehead atoms. The Kier molecular flexibility index (Phi) is 5.14. The second-order valence-corrected chi connectivity index (χ2v) is 9.65. The normalized spacial score (nSPS) is 43.5. The van der Waals surface area contributed by atoms with Crippen LogP contribution in [0, 0.1) is 38.7 Å². The summed E-state index contributed by atoms with van der Waals surface area (Å²) in [6.45, 7) is 5.62. The topological polar surface area (TPSA) is 100.0 Å². The summed E-state index contributed by atoms with van der Waals surface area (Å²) in [7, 11) is 0. The fraction of sp³-hybridized carbons (Fsp3) is 0.857. The highest BCUT2D eigenvalue weighted by molar-refractivity contribution is 5.96. The van der Waals surface area contributed by atoms with Crippen LogP contribution in [-0.2, 0) is 9.68 Å². The minimum atomic E-state index is -0.581. The molecule has 0 aromatic rings. The Bertz CT molecular complexity index is 693. The molecule has 7 heteroatoms. The zero-order valence-corrected chi connectivity index (χ0v) is 17.1. The van der Waals surface area contributed by atoms with Gasteiger partial charge in [0.05, 0.1) is 5.71 Å². The van der Waals surface area contributed by atoms with Gasteiger partial charge in [-0.15, -0.1) is 10.1 Å². The van der Waals surface area contributed by atoms with Gasteiger partial charge in [-0.2, -0.15) is 0 Å². The van der Waals surface area contributed by atoms with E-state index in [0.717, 1.165) is 50.7 Å². The van der Waals surface area contributed by atoms with E-state index in [1.807, 2.05) is 0 Å². The molecule has 0 radical (unpaired) electrons. The van der Waals surface area contributed by atoms with Crippen molar-refractivity contribution in [2.24, 2.45) is 39.5 Å². The summed E-state index contributed by atoms with van der Waals surface area (Å²) in [6, 6.07) is 0. The largest absolute Gasteiger partial charge is 0.394 e. The molecule has 0 aliphatic heterocycles. The van der Waals surface area contributed by atoms with Gasteiger partial charge in [0.1, 0.15) is 12.7 Å². The van der Waals surface area contributed by atoms with E-state index in [1.54, 1.807) is 0 Å². The number of allylic oxidation sites excluding steroid dienone is 2.